The first-order valence-electron chi connectivity index (χ1n) is 5.41. The van der Waals surface area contributed by atoms with Gasteiger partial charge < -0.3 is 20.5 Å². The van der Waals surface area contributed by atoms with Gasteiger partial charge in [-0.15, -0.1) is 0 Å². The molecule has 8 heteroatoms. The molecule has 0 radical (unpaired) electrons. The standard InChI is InChI=1S/C10H14FN5O2/c11-10(3-17,4-18)1-2-16-6-15-7-8(12)13-5-14-9(7)16/h5-6,17-18H,1-4H2,(H2,12,13,14). The van der Waals surface area contributed by atoms with Crippen LogP contribution in [0.15, 0.2) is 12.7 Å². The number of aliphatic hydroxyl groups is 2. The Bertz CT molecular complexity index is 540. The molecule has 18 heavy (non-hydrogen) atoms. The zero-order valence-corrected chi connectivity index (χ0v) is 9.62. The molecule has 0 unspecified atom stereocenters. The molecule has 2 rings (SSSR count). The van der Waals surface area contributed by atoms with E-state index in [-0.39, 0.29) is 18.8 Å². The molecule has 7 nitrogen and oxygen atoms in total. The third-order valence-corrected chi connectivity index (χ3v) is 2.80. The lowest BCUT2D eigenvalue weighted by molar-refractivity contribution is 0.00683. The van der Waals surface area contributed by atoms with Crippen LogP contribution >= 0.6 is 0 Å². The van der Waals surface area contributed by atoms with Crippen molar-refractivity contribution in [3.05, 3.63) is 12.7 Å². The fourth-order valence-electron chi connectivity index (χ4n) is 1.59. The minimum absolute atomic E-state index is 0.0463. The Hall–Kier alpha value is -1.80. The van der Waals surface area contributed by atoms with Crippen molar-refractivity contribution in [1.82, 2.24) is 19.5 Å². The second-order valence-electron chi connectivity index (χ2n) is 4.09. The van der Waals surface area contributed by atoms with Crippen molar-refractivity contribution in [3.8, 4) is 0 Å². The monoisotopic (exact) mass is 255 g/mol. The van der Waals surface area contributed by atoms with Gasteiger partial charge in [-0.05, 0) is 0 Å². The quantitative estimate of drug-likeness (QED) is 0.663. The van der Waals surface area contributed by atoms with Gasteiger partial charge in [0.1, 0.15) is 11.8 Å². The van der Waals surface area contributed by atoms with Gasteiger partial charge in [0.2, 0.25) is 0 Å². The van der Waals surface area contributed by atoms with E-state index in [1.165, 1.54) is 12.7 Å². The summed E-state index contributed by atoms with van der Waals surface area (Å²) in [6, 6.07) is 0. The highest BCUT2D eigenvalue weighted by molar-refractivity contribution is 5.80. The second kappa shape index (κ2) is 4.83. The minimum atomic E-state index is -2.00. The zero-order chi connectivity index (χ0) is 13.2. The van der Waals surface area contributed by atoms with E-state index in [0.717, 1.165) is 0 Å². The van der Waals surface area contributed by atoms with Gasteiger partial charge in [-0.3, -0.25) is 0 Å². The average molecular weight is 255 g/mol. The summed E-state index contributed by atoms with van der Waals surface area (Å²) in [5.74, 6) is 0.259. The summed E-state index contributed by atoms with van der Waals surface area (Å²) >= 11 is 0. The summed E-state index contributed by atoms with van der Waals surface area (Å²) in [6.45, 7) is -1.23. The number of rotatable bonds is 5. The van der Waals surface area contributed by atoms with Crippen molar-refractivity contribution in [3.63, 3.8) is 0 Å². The van der Waals surface area contributed by atoms with Crippen LogP contribution in [-0.4, -0.2) is 48.6 Å². The van der Waals surface area contributed by atoms with E-state index >= 15 is 0 Å². The first kappa shape index (κ1) is 12.7. The number of halogens is 1. The van der Waals surface area contributed by atoms with Crippen molar-refractivity contribution in [2.24, 2.45) is 0 Å². The molecule has 0 saturated carbocycles. The molecule has 0 spiro atoms. The zero-order valence-electron chi connectivity index (χ0n) is 9.62. The van der Waals surface area contributed by atoms with Gasteiger partial charge in [-0.2, -0.15) is 0 Å². The molecule has 0 atom stereocenters. The molecular weight excluding hydrogens is 241 g/mol. The van der Waals surface area contributed by atoms with Crippen molar-refractivity contribution >= 4 is 17.0 Å². The predicted molar refractivity (Wildman–Crippen MR) is 62.4 cm³/mol. The van der Waals surface area contributed by atoms with Crippen LogP contribution < -0.4 is 5.73 Å². The summed E-state index contributed by atoms with van der Waals surface area (Å²) in [5.41, 5.74) is 4.57. The van der Waals surface area contributed by atoms with Gasteiger partial charge >= 0.3 is 0 Å². The van der Waals surface area contributed by atoms with E-state index in [2.05, 4.69) is 15.0 Å². The third kappa shape index (κ3) is 2.24. The highest BCUT2D eigenvalue weighted by Crippen LogP contribution is 2.19. The fraction of sp³-hybridized carbons (Fsp3) is 0.500. The number of alkyl halides is 1. The lowest BCUT2D eigenvalue weighted by atomic mass is 10.0. The van der Waals surface area contributed by atoms with Gasteiger partial charge in [0, 0.05) is 13.0 Å². The van der Waals surface area contributed by atoms with E-state index in [1.807, 2.05) is 0 Å². The number of hydrogen-bond donors (Lipinski definition) is 3. The van der Waals surface area contributed by atoms with Crippen LogP contribution in [-0.2, 0) is 6.54 Å². The molecule has 0 aliphatic heterocycles. The molecule has 0 aliphatic rings. The maximum absolute atomic E-state index is 13.7. The highest BCUT2D eigenvalue weighted by Gasteiger charge is 2.27. The van der Waals surface area contributed by atoms with Crippen molar-refractivity contribution in [2.45, 2.75) is 18.6 Å². The number of aryl methyl sites for hydroxylation is 1. The topological polar surface area (TPSA) is 110 Å². The Morgan fingerprint density at radius 3 is 2.67 bits per heavy atom. The van der Waals surface area contributed by atoms with Crippen LogP contribution in [0, 0.1) is 0 Å². The van der Waals surface area contributed by atoms with Crippen LogP contribution in [0.3, 0.4) is 0 Å². The average Bonchev–Trinajstić information content (AvgIpc) is 2.81. The molecule has 0 aliphatic carbocycles. The molecule has 2 aromatic rings. The Labute approximate surface area is 102 Å². The van der Waals surface area contributed by atoms with Crippen LogP contribution in [0.1, 0.15) is 6.42 Å². The molecule has 0 saturated heterocycles. The Morgan fingerprint density at radius 1 is 1.28 bits per heavy atom. The SMILES string of the molecule is Nc1ncnc2c1ncn2CCC(F)(CO)CO. The Balaban J connectivity index is 2.20. The van der Waals surface area contributed by atoms with E-state index in [9.17, 15) is 4.39 Å². The lowest BCUT2D eigenvalue weighted by Gasteiger charge is -2.20. The number of hydrogen-bond acceptors (Lipinski definition) is 6. The third-order valence-electron chi connectivity index (χ3n) is 2.80. The maximum atomic E-state index is 13.7. The molecule has 2 heterocycles. The van der Waals surface area contributed by atoms with Gasteiger partial charge in [-0.1, -0.05) is 0 Å². The molecule has 0 amide bonds. The highest BCUT2D eigenvalue weighted by atomic mass is 19.1. The van der Waals surface area contributed by atoms with Crippen LogP contribution in [0.2, 0.25) is 0 Å². The normalized spacial score (nSPS) is 12.2. The summed E-state index contributed by atoms with van der Waals surface area (Å²) in [7, 11) is 0. The number of fused-ring (bicyclic) bond motifs is 1. The first-order valence-corrected chi connectivity index (χ1v) is 5.41. The van der Waals surface area contributed by atoms with Crippen LogP contribution in [0.5, 0.6) is 0 Å². The summed E-state index contributed by atoms with van der Waals surface area (Å²) in [5, 5.41) is 17.7. The molecule has 0 bridgehead atoms. The van der Waals surface area contributed by atoms with E-state index in [1.54, 1.807) is 4.57 Å². The van der Waals surface area contributed by atoms with Crippen LogP contribution in [0.25, 0.3) is 11.2 Å². The van der Waals surface area contributed by atoms with Crippen molar-refractivity contribution in [2.75, 3.05) is 18.9 Å². The molecule has 0 aromatic carbocycles. The van der Waals surface area contributed by atoms with E-state index in [4.69, 9.17) is 15.9 Å². The first-order chi connectivity index (χ1) is 8.59. The number of anilines is 1. The van der Waals surface area contributed by atoms with Crippen molar-refractivity contribution in [1.29, 1.82) is 0 Å². The molecule has 2 aromatic heterocycles. The Morgan fingerprint density at radius 2 is 2.00 bits per heavy atom. The maximum Gasteiger partial charge on any atom is 0.165 e. The number of nitrogens with zero attached hydrogens (tertiary/aromatic N) is 4. The molecule has 98 valence electrons. The van der Waals surface area contributed by atoms with Crippen molar-refractivity contribution < 1.29 is 14.6 Å². The lowest BCUT2D eigenvalue weighted by Crippen LogP contribution is -2.33. The predicted octanol–water partition coefficient (Wildman–Crippen LogP) is -0.509. The van der Waals surface area contributed by atoms with Gasteiger partial charge in [0.05, 0.1) is 19.5 Å². The van der Waals surface area contributed by atoms with Gasteiger partial charge in [0.15, 0.2) is 17.1 Å². The number of aromatic nitrogens is 4. The fourth-order valence-corrected chi connectivity index (χ4v) is 1.59. The molecular formula is C10H14FN5O2. The largest absolute Gasteiger partial charge is 0.393 e. The molecule has 0 fully saturated rings. The second-order valence-corrected chi connectivity index (χ2v) is 4.09. The minimum Gasteiger partial charge on any atom is -0.393 e. The molecule has 4 N–H and O–H groups in total. The van der Waals surface area contributed by atoms with Crippen LogP contribution in [0.4, 0.5) is 10.2 Å². The van der Waals surface area contributed by atoms with Gasteiger partial charge in [0.25, 0.3) is 0 Å². The summed E-state index contributed by atoms with van der Waals surface area (Å²) in [6.07, 6.45) is 2.73. The van der Waals surface area contributed by atoms with E-state index in [0.29, 0.717) is 11.2 Å². The number of imidazole rings is 1. The Kier molecular flexibility index (Phi) is 3.39. The number of nitrogens with two attached hydrogens (primary N) is 1. The summed E-state index contributed by atoms with van der Waals surface area (Å²) < 4.78 is 15.3. The number of nitrogen functional groups attached to an aromatic ring is 1. The summed E-state index contributed by atoms with van der Waals surface area (Å²) in [4.78, 5) is 11.9. The van der Waals surface area contributed by atoms with E-state index < -0.39 is 18.9 Å². The van der Waals surface area contributed by atoms with Gasteiger partial charge in [-0.25, -0.2) is 19.3 Å². The smallest absolute Gasteiger partial charge is 0.165 e. The number of aliphatic hydroxyl groups excluding tert-OH is 2.